The molecule has 3 rings (SSSR count). The maximum Gasteiger partial charge on any atom is 0.211 e. The van der Waals surface area contributed by atoms with E-state index in [1.54, 1.807) is 0 Å². The highest BCUT2D eigenvalue weighted by atomic mass is 35.5. The highest BCUT2D eigenvalue weighted by molar-refractivity contribution is 6.85. The Bertz CT molecular complexity index is 829. The monoisotopic (exact) mass is 381 g/mol. The summed E-state index contributed by atoms with van der Waals surface area (Å²) in [5.74, 6) is 0. The molecule has 26 heavy (non-hydrogen) atoms. The van der Waals surface area contributed by atoms with Gasteiger partial charge >= 0.3 is 0 Å². The van der Waals surface area contributed by atoms with Crippen LogP contribution in [0.2, 0.25) is 16.4 Å². The maximum atomic E-state index is 6.39. The SMILES string of the molecule is Cc1ccc(B(CCNc2ccccc2)c2ccc(C)c(Cl)c2)cc1Cl. The molecule has 3 aromatic carbocycles. The van der Waals surface area contributed by atoms with E-state index < -0.39 is 0 Å². The zero-order valence-electron chi connectivity index (χ0n) is 15.1. The summed E-state index contributed by atoms with van der Waals surface area (Å²) in [6, 6.07) is 23.0. The predicted molar refractivity (Wildman–Crippen MR) is 117 cm³/mol. The summed E-state index contributed by atoms with van der Waals surface area (Å²) in [5, 5.41) is 5.11. The summed E-state index contributed by atoms with van der Waals surface area (Å²) < 4.78 is 0. The molecule has 0 heterocycles. The second kappa shape index (κ2) is 8.66. The number of hydrogen-bond donors (Lipinski definition) is 1. The minimum atomic E-state index is 0.238. The van der Waals surface area contributed by atoms with Crippen molar-refractivity contribution in [2.45, 2.75) is 20.2 Å². The molecule has 1 N–H and O–H groups in total. The van der Waals surface area contributed by atoms with Crippen molar-refractivity contribution >= 4 is 46.5 Å². The molecule has 4 heteroatoms. The van der Waals surface area contributed by atoms with Crippen molar-refractivity contribution in [3.8, 4) is 0 Å². The molecule has 132 valence electrons. The van der Waals surface area contributed by atoms with Gasteiger partial charge in [-0.2, -0.15) is 0 Å². The summed E-state index contributed by atoms with van der Waals surface area (Å²) in [6.07, 6.45) is 0.952. The number of hydrogen-bond acceptors (Lipinski definition) is 1. The largest absolute Gasteiger partial charge is 0.386 e. The van der Waals surface area contributed by atoms with Gasteiger partial charge in [0.15, 0.2) is 0 Å². The Hall–Kier alpha value is -1.90. The van der Waals surface area contributed by atoms with Crippen LogP contribution in [0.25, 0.3) is 0 Å². The fraction of sp³-hybridized carbons (Fsp3) is 0.182. The van der Waals surface area contributed by atoms with Crippen LogP contribution in [-0.4, -0.2) is 13.3 Å². The Morgan fingerprint density at radius 1 is 0.769 bits per heavy atom. The van der Waals surface area contributed by atoms with Crippen molar-refractivity contribution < 1.29 is 0 Å². The second-order valence-electron chi connectivity index (χ2n) is 6.65. The van der Waals surface area contributed by atoms with Gasteiger partial charge in [0.2, 0.25) is 6.71 Å². The molecule has 0 atom stereocenters. The maximum absolute atomic E-state index is 6.39. The first-order valence-corrected chi connectivity index (χ1v) is 9.61. The van der Waals surface area contributed by atoms with Gasteiger partial charge in [-0.1, -0.05) is 76.6 Å². The van der Waals surface area contributed by atoms with E-state index in [0.717, 1.165) is 39.7 Å². The summed E-state index contributed by atoms with van der Waals surface area (Å²) >= 11 is 12.8. The van der Waals surface area contributed by atoms with E-state index in [1.807, 2.05) is 32.0 Å². The molecule has 0 aliphatic heterocycles. The van der Waals surface area contributed by atoms with Crippen LogP contribution in [-0.2, 0) is 0 Å². The number of rotatable bonds is 6. The molecule has 0 bridgehead atoms. The molecular formula is C22H22BCl2N. The summed E-state index contributed by atoms with van der Waals surface area (Å²) in [7, 11) is 0. The normalized spacial score (nSPS) is 10.6. The molecule has 0 unspecified atom stereocenters. The van der Waals surface area contributed by atoms with E-state index in [-0.39, 0.29) is 6.71 Å². The van der Waals surface area contributed by atoms with Crippen molar-refractivity contribution in [3.63, 3.8) is 0 Å². The molecule has 0 amide bonds. The number of nitrogens with one attached hydrogen (secondary N) is 1. The van der Waals surface area contributed by atoms with Gasteiger partial charge in [-0.15, -0.1) is 0 Å². The van der Waals surface area contributed by atoms with E-state index in [4.69, 9.17) is 23.2 Å². The highest BCUT2D eigenvalue weighted by Gasteiger charge is 2.20. The van der Waals surface area contributed by atoms with Gasteiger partial charge in [0.25, 0.3) is 0 Å². The molecule has 1 nitrogen and oxygen atoms in total. The first-order chi connectivity index (χ1) is 12.5. The third-order valence-electron chi connectivity index (χ3n) is 4.73. The summed E-state index contributed by atoms with van der Waals surface area (Å²) in [5.41, 5.74) is 5.76. The van der Waals surface area contributed by atoms with E-state index in [2.05, 4.69) is 53.8 Å². The Labute approximate surface area is 166 Å². The highest BCUT2D eigenvalue weighted by Crippen LogP contribution is 2.16. The van der Waals surface area contributed by atoms with Crippen molar-refractivity contribution in [1.29, 1.82) is 0 Å². The fourth-order valence-electron chi connectivity index (χ4n) is 3.09. The second-order valence-corrected chi connectivity index (χ2v) is 7.47. The smallest absolute Gasteiger partial charge is 0.211 e. The number of para-hydroxylation sites is 1. The molecule has 0 saturated carbocycles. The van der Waals surface area contributed by atoms with Gasteiger partial charge in [-0.05, 0) is 55.6 Å². The van der Waals surface area contributed by atoms with Crippen LogP contribution < -0.4 is 16.2 Å². The van der Waals surface area contributed by atoms with E-state index in [9.17, 15) is 0 Å². The summed E-state index contributed by atoms with van der Waals surface area (Å²) in [6.45, 7) is 5.16. The number of aryl methyl sites for hydroxylation is 2. The molecule has 3 aromatic rings. The zero-order chi connectivity index (χ0) is 18.5. The first-order valence-electron chi connectivity index (χ1n) is 8.85. The van der Waals surface area contributed by atoms with Crippen LogP contribution in [0.1, 0.15) is 11.1 Å². The average molecular weight is 382 g/mol. The van der Waals surface area contributed by atoms with Crippen LogP contribution in [0.3, 0.4) is 0 Å². The third-order valence-corrected chi connectivity index (χ3v) is 5.55. The number of benzene rings is 3. The van der Waals surface area contributed by atoms with Crippen LogP contribution in [0.4, 0.5) is 5.69 Å². The minimum Gasteiger partial charge on any atom is -0.386 e. The Morgan fingerprint density at radius 3 is 1.81 bits per heavy atom. The topological polar surface area (TPSA) is 12.0 Å². The Balaban J connectivity index is 1.85. The molecular weight excluding hydrogens is 360 g/mol. The molecule has 0 radical (unpaired) electrons. The predicted octanol–water partition coefficient (Wildman–Crippen LogP) is 5.33. The van der Waals surface area contributed by atoms with Gasteiger partial charge in [-0.3, -0.25) is 0 Å². The zero-order valence-corrected chi connectivity index (χ0v) is 16.6. The van der Waals surface area contributed by atoms with Gasteiger partial charge in [0.05, 0.1) is 0 Å². The molecule has 0 aliphatic rings. The van der Waals surface area contributed by atoms with Gasteiger partial charge in [-0.25, -0.2) is 0 Å². The van der Waals surface area contributed by atoms with Gasteiger partial charge in [0.1, 0.15) is 0 Å². The van der Waals surface area contributed by atoms with Crippen molar-refractivity contribution in [2.24, 2.45) is 0 Å². The fourth-order valence-corrected chi connectivity index (χ4v) is 3.47. The molecule has 0 aliphatic carbocycles. The average Bonchev–Trinajstić information content (AvgIpc) is 2.65. The van der Waals surface area contributed by atoms with Crippen LogP contribution in [0.15, 0.2) is 66.7 Å². The van der Waals surface area contributed by atoms with Crippen molar-refractivity contribution in [3.05, 3.63) is 87.9 Å². The Morgan fingerprint density at radius 2 is 1.31 bits per heavy atom. The van der Waals surface area contributed by atoms with E-state index in [0.29, 0.717) is 0 Å². The van der Waals surface area contributed by atoms with Crippen LogP contribution in [0, 0.1) is 13.8 Å². The standard InChI is InChI=1S/C22H22BCl2N/c1-16-8-10-18(14-21(16)24)23(19-11-9-17(2)22(25)15-19)12-13-26-20-6-4-3-5-7-20/h3-11,14-15,26H,12-13H2,1-2H3. The van der Waals surface area contributed by atoms with E-state index >= 15 is 0 Å². The third kappa shape index (κ3) is 4.63. The molecule has 0 saturated heterocycles. The van der Waals surface area contributed by atoms with Gasteiger partial charge < -0.3 is 5.32 Å². The lowest BCUT2D eigenvalue weighted by Crippen LogP contribution is -2.43. The Kier molecular flexibility index (Phi) is 6.29. The van der Waals surface area contributed by atoms with Crippen molar-refractivity contribution in [1.82, 2.24) is 0 Å². The quantitative estimate of drug-likeness (QED) is 0.569. The summed E-state index contributed by atoms with van der Waals surface area (Å²) in [4.78, 5) is 0. The van der Waals surface area contributed by atoms with Crippen LogP contribution in [0.5, 0.6) is 0 Å². The number of halogens is 2. The lowest BCUT2D eigenvalue weighted by molar-refractivity contribution is 1.19. The minimum absolute atomic E-state index is 0.238. The van der Waals surface area contributed by atoms with Crippen molar-refractivity contribution in [2.75, 3.05) is 11.9 Å². The number of anilines is 1. The van der Waals surface area contributed by atoms with Gasteiger partial charge in [0, 0.05) is 22.3 Å². The lowest BCUT2D eigenvalue weighted by atomic mass is 9.38. The molecule has 0 spiro atoms. The first kappa shape index (κ1) is 18.9. The van der Waals surface area contributed by atoms with Crippen LogP contribution >= 0.6 is 23.2 Å². The lowest BCUT2D eigenvalue weighted by Gasteiger charge is -2.17. The van der Waals surface area contributed by atoms with E-state index in [1.165, 1.54) is 10.9 Å². The molecule has 0 aromatic heterocycles. The molecule has 0 fully saturated rings.